The molecule has 0 aliphatic rings. The van der Waals surface area contributed by atoms with Gasteiger partial charge < -0.3 is 10.6 Å². The van der Waals surface area contributed by atoms with Crippen molar-refractivity contribution in [1.29, 1.82) is 0 Å². The summed E-state index contributed by atoms with van der Waals surface area (Å²) in [6, 6.07) is 15.5. The number of hydrogen-bond acceptors (Lipinski definition) is 4. The SMILES string of the molecule is Cc1ccccc1CNc1ncc(C(=O)NCc2ccccc2Cl)cn1. The van der Waals surface area contributed by atoms with E-state index in [-0.39, 0.29) is 5.91 Å². The van der Waals surface area contributed by atoms with Gasteiger partial charge in [-0.25, -0.2) is 9.97 Å². The van der Waals surface area contributed by atoms with Crippen molar-refractivity contribution >= 4 is 23.5 Å². The second kappa shape index (κ2) is 8.45. The predicted molar refractivity (Wildman–Crippen MR) is 103 cm³/mol. The molecule has 0 unspecified atom stereocenters. The summed E-state index contributed by atoms with van der Waals surface area (Å²) in [6.45, 7) is 3.04. The number of anilines is 1. The molecule has 0 fully saturated rings. The van der Waals surface area contributed by atoms with Crippen LogP contribution >= 0.6 is 11.6 Å². The van der Waals surface area contributed by atoms with Gasteiger partial charge in [-0.1, -0.05) is 54.1 Å². The molecule has 0 atom stereocenters. The van der Waals surface area contributed by atoms with Crippen LogP contribution in [0.1, 0.15) is 27.0 Å². The van der Waals surface area contributed by atoms with E-state index in [0.29, 0.717) is 29.6 Å². The molecule has 0 saturated heterocycles. The summed E-state index contributed by atoms with van der Waals surface area (Å²) < 4.78 is 0. The van der Waals surface area contributed by atoms with Crippen LogP contribution in [0.25, 0.3) is 0 Å². The largest absolute Gasteiger partial charge is 0.350 e. The van der Waals surface area contributed by atoms with E-state index in [2.05, 4.69) is 39.7 Å². The van der Waals surface area contributed by atoms with Crippen LogP contribution in [0.5, 0.6) is 0 Å². The number of hydrogen-bond donors (Lipinski definition) is 2. The topological polar surface area (TPSA) is 66.9 Å². The van der Waals surface area contributed by atoms with Crippen LogP contribution in [0.4, 0.5) is 5.95 Å². The Hall–Kier alpha value is -2.92. The lowest BCUT2D eigenvalue weighted by Gasteiger charge is -2.09. The third-order valence-electron chi connectivity index (χ3n) is 4.01. The molecule has 0 aliphatic carbocycles. The highest BCUT2D eigenvalue weighted by Crippen LogP contribution is 2.14. The molecule has 3 rings (SSSR count). The van der Waals surface area contributed by atoms with Crippen molar-refractivity contribution in [2.75, 3.05) is 5.32 Å². The Kier molecular flexibility index (Phi) is 5.81. The number of aryl methyl sites for hydroxylation is 1. The van der Waals surface area contributed by atoms with Gasteiger partial charge in [0, 0.05) is 30.5 Å². The van der Waals surface area contributed by atoms with E-state index < -0.39 is 0 Å². The highest BCUT2D eigenvalue weighted by atomic mass is 35.5. The maximum Gasteiger partial charge on any atom is 0.254 e. The minimum atomic E-state index is -0.240. The number of amides is 1. The number of rotatable bonds is 6. The molecule has 0 radical (unpaired) electrons. The second-order valence-corrected chi connectivity index (χ2v) is 6.26. The van der Waals surface area contributed by atoms with E-state index in [1.54, 1.807) is 6.07 Å². The van der Waals surface area contributed by atoms with Crippen molar-refractivity contribution < 1.29 is 4.79 Å². The van der Waals surface area contributed by atoms with Crippen LogP contribution in [0.2, 0.25) is 5.02 Å². The maximum atomic E-state index is 12.2. The van der Waals surface area contributed by atoms with E-state index in [1.165, 1.54) is 23.5 Å². The molecule has 3 aromatic rings. The van der Waals surface area contributed by atoms with Gasteiger partial charge in [0.25, 0.3) is 5.91 Å². The van der Waals surface area contributed by atoms with E-state index in [1.807, 2.05) is 30.3 Å². The lowest BCUT2D eigenvalue weighted by Crippen LogP contribution is -2.23. The fourth-order valence-corrected chi connectivity index (χ4v) is 2.64. The lowest BCUT2D eigenvalue weighted by molar-refractivity contribution is 0.0950. The summed E-state index contributed by atoms with van der Waals surface area (Å²) >= 11 is 6.09. The fraction of sp³-hybridized carbons (Fsp3) is 0.150. The minimum Gasteiger partial charge on any atom is -0.350 e. The van der Waals surface area contributed by atoms with Crippen LogP contribution in [0.15, 0.2) is 60.9 Å². The Labute approximate surface area is 157 Å². The van der Waals surface area contributed by atoms with Gasteiger partial charge in [-0.3, -0.25) is 4.79 Å². The standard InChI is InChI=1S/C20H19ClN4O/c1-14-6-2-3-7-15(14)10-23-20-24-12-17(13-25-20)19(26)22-11-16-8-4-5-9-18(16)21/h2-9,12-13H,10-11H2,1H3,(H,22,26)(H,23,24,25). The van der Waals surface area contributed by atoms with Gasteiger partial charge in [-0.2, -0.15) is 0 Å². The molecule has 0 spiro atoms. The first-order valence-electron chi connectivity index (χ1n) is 8.25. The number of nitrogens with zero attached hydrogens (tertiary/aromatic N) is 2. The Morgan fingerprint density at radius 3 is 2.31 bits per heavy atom. The van der Waals surface area contributed by atoms with E-state index >= 15 is 0 Å². The summed E-state index contributed by atoms with van der Waals surface area (Å²) in [6.07, 6.45) is 3.02. The van der Waals surface area contributed by atoms with E-state index in [9.17, 15) is 4.79 Å². The summed E-state index contributed by atoms with van der Waals surface area (Å²) in [5.41, 5.74) is 3.65. The van der Waals surface area contributed by atoms with Gasteiger partial charge in [0.05, 0.1) is 5.56 Å². The molecule has 2 aromatic carbocycles. The first kappa shape index (κ1) is 17.9. The number of carbonyl (C=O) groups is 1. The monoisotopic (exact) mass is 366 g/mol. The van der Waals surface area contributed by atoms with Crippen molar-refractivity contribution in [3.8, 4) is 0 Å². The third-order valence-corrected chi connectivity index (χ3v) is 4.38. The number of benzene rings is 2. The first-order valence-corrected chi connectivity index (χ1v) is 8.63. The first-order chi connectivity index (χ1) is 12.6. The second-order valence-electron chi connectivity index (χ2n) is 5.85. The molecule has 1 aromatic heterocycles. The van der Waals surface area contributed by atoms with Crippen molar-refractivity contribution in [2.24, 2.45) is 0 Å². The Morgan fingerprint density at radius 2 is 1.62 bits per heavy atom. The zero-order chi connectivity index (χ0) is 18.4. The maximum absolute atomic E-state index is 12.2. The minimum absolute atomic E-state index is 0.240. The molecular weight excluding hydrogens is 348 g/mol. The van der Waals surface area contributed by atoms with Crippen molar-refractivity contribution in [2.45, 2.75) is 20.0 Å². The molecule has 26 heavy (non-hydrogen) atoms. The molecule has 1 heterocycles. The summed E-state index contributed by atoms with van der Waals surface area (Å²) in [4.78, 5) is 20.6. The summed E-state index contributed by atoms with van der Waals surface area (Å²) in [7, 11) is 0. The fourth-order valence-electron chi connectivity index (χ4n) is 2.44. The third kappa shape index (κ3) is 4.58. The molecule has 5 nitrogen and oxygen atoms in total. The van der Waals surface area contributed by atoms with Crippen molar-refractivity contribution in [3.05, 3.63) is 88.2 Å². The Morgan fingerprint density at radius 1 is 0.962 bits per heavy atom. The summed E-state index contributed by atoms with van der Waals surface area (Å²) in [5, 5.41) is 6.60. The molecule has 132 valence electrons. The molecule has 1 amide bonds. The number of carbonyl (C=O) groups excluding carboxylic acids is 1. The zero-order valence-electron chi connectivity index (χ0n) is 14.4. The predicted octanol–water partition coefficient (Wildman–Crippen LogP) is 3.98. The Balaban J connectivity index is 1.56. The van der Waals surface area contributed by atoms with Crippen LogP contribution in [0, 0.1) is 6.92 Å². The van der Waals surface area contributed by atoms with Gasteiger partial charge in [0.1, 0.15) is 0 Å². The van der Waals surface area contributed by atoms with Crippen molar-refractivity contribution in [3.63, 3.8) is 0 Å². The molecule has 0 saturated carbocycles. The number of aromatic nitrogens is 2. The van der Waals surface area contributed by atoms with Crippen LogP contribution < -0.4 is 10.6 Å². The average molecular weight is 367 g/mol. The van der Waals surface area contributed by atoms with Crippen LogP contribution in [0.3, 0.4) is 0 Å². The zero-order valence-corrected chi connectivity index (χ0v) is 15.1. The van der Waals surface area contributed by atoms with Crippen LogP contribution in [-0.2, 0) is 13.1 Å². The Bertz CT molecular complexity index is 896. The normalized spacial score (nSPS) is 10.4. The van der Waals surface area contributed by atoms with Crippen molar-refractivity contribution in [1.82, 2.24) is 15.3 Å². The van der Waals surface area contributed by atoms with Gasteiger partial charge in [-0.15, -0.1) is 0 Å². The smallest absolute Gasteiger partial charge is 0.254 e. The van der Waals surface area contributed by atoms with Gasteiger partial charge in [-0.05, 0) is 29.7 Å². The highest BCUT2D eigenvalue weighted by molar-refractivity contribution is 6.31. The van der Waals surface area contributed by atoms with E-state index in [0.717, 1.165) is 5.56 Å². The van der Waals surface area contributed by atoms with Gasteiger partial charge in [0.2, 0.25) is 5.95 Å². The molecule has 0 aliphatic heterocycles. The molecule has 2 N–H and O–H groups in total. The van der Waals surface area contributed by atoms with Crippen LogP contribution in [-0.4, -0.2) is 15.9 Å². The summed E-state index contributed by atoms with van der Waals surface area (Å²) in [5.74, 6) is 0.242. The number of halogens is 1. The lowest BCUT2D eigenvalue weighted by atomic mass is 10.1. The molecular formula is C20H19ClN4O. The average Bonchev–Trinajstić information content (AvgIpc) is 2.67. The molecule has 6 heteroatoms. The van der Waals surface area contributed by atoms with Gasteiger partial charge >= 0.3 is 0 Å². The molecule has 0 bridgehead atoms. The van der Waals surface area contributed by atoms with E-state index in [4.69, 9.17) is 11.6 Å². The quantitative estimate of drug-likeness (QED) is 0.692. The van der Waals surface area contributed by atoms with Gasteiger partial charge in [0.15, 0.2) is 0 Å². The highest BCUT2D eigenvalue weighted by Gasteiger charge is 2.08. The number of nitrogens with one attached hydrogen (secondary N) is 2.